The predicted octanol–water partition coefficient (Wildman–Crippen LogP) is 6.16. The molecule has 9 heteroatoms. The van der Waals surface area contributed by atoms with Gasteiger partial charge in [-0.15, -0.1) is 0 Å². The number of rotatable bonds is 9. The molecule has 46 heavy (non-hydrogen) atoms. The first-order chi connectivity index (χ1) is 22.2. The van der Waals surface area contributed by atoms with E-state index in [1.54, 1.807) is 32.4 Å². The highest BCUT2D eigenvalue weighted by molar-refractivity contribution is 5.54. The van der Waals surface area contributed by atoms with Gasteiger partial charge >= 0.3 is 0 Å². The number of ether oxygens (including phenoxy) is 4. The Hall–Kier alpha value is -4.60. The molecule has 0 spiro atoms. The number of aromatic hydroxyl groups is 3. The lowest BCUT2D eigenvalue weighted by Crippen LogP contribution is -2.33. The highest BCUT2D eigenvalue weighted by Crippen LogP contribution is 2.43. The van der Waals surface area contributed by atoms with E-state index in [-0.39, 0.29) is 29.3 Å². The van der Waals surface area contributed by atoms with Gasteiger partial charge in [0.25, 0.3) is 0 Å². The topological polar surface area (TPSA) is 104 Å². The Kier molecular flexibility index (Phi) is 8.88. The van der Waals surface area contributed by atoms with Gasteiger partial charge in [0.2, 0.25) is 0 Å². The molecule has 2 atom stereocenters. The lowest BCUT2D eigenvalue weighted by molar-refractivity contribution is 0.227. The molecular weight excluding hydrogens is 584 g/mol. The Bertz CT molecular complexity index is 1720. The molecule has 0 amide bonds. The quantitative estimate of drug-likeness (QED) is 0.201. The summed E-state index contributed by atoms with van der Waals surface area (Å²) in [5.74, 6) is 2.86. The molecule has 0 saturated carbocycles. The highest BCUT2D eigenvalue weighted by Gasteiger charge is 2.29. The second-order valence-electron chi connectivity index (χ2n) is 12.2. The van der Waals surface area contributed by atoms with Crippen molar-refractivity contribution in [2.24, 2.45) is 0 Å². The molecule has 242 valence electrons. The molecule has 0 aliphatic carbocycles. The second-order valence-corrected chi connectivity index (χ2v) is 12.2. The summed E-state index contributed by atoms with van der Waals surface area (Å²) in [5, 5.41) is 31.8. The predicted molar refractivity (Wildman–Crippen MR) is 176 cm³/mol. The summed E-state index contributed by atoms with van der Waals surface area (Å²) in [4.78, 5) is 4.58. The maximum absolute atomic E-state index is 10.7. The van der Waals surface area contributed by atoms with Gasteiger partial charge in [-0.05, 0) is 110 Å². The standard InChI is InChI=1S/C37H42N2O7/c1-38-12-10-23-17-35(43-3)32(41)19-27(23)29(38)14-22-6-8-26(9-7-22)46-34-21-37(45-5)31(40)16-25(34)15-30-28-20-33(42)36(44-4)18-24(28)11-13-39(30)2/h6-9,16-21,29-30,40-42H,10-15H2,1-5H3/t29-,30-/m0/s1. The number of methoxy groups -OCH3 is 3. The summed E-state index contributed by atoms with van der Waals surface area (Å²) < 4.78 is 22.6. The number of fused-ring (bicyclic) bond motifs is 2. The summed E-state index contributed by atoms with van der Waals surface area (Å²) in [6.45, 7) is 1.77. The summed E-state index contributed by atoms with van der Waals surface area (Å²) in [7, 11) is 8.83. The highest BCUT2D eigenvalue weighted by atomic mass is 16.5. The Morgan fingerprint density at radius 3 is 1.61 bits per heavy atom. The van der Waals surface area contributed by atoms with Gasteiger partial charge in [-0.1, -0.05) is 12.1 Å². The van der Waals surface area contributed by atoms with Gasteiger partial charge in [-0.25, -0.2) is 0 Å². The SMILES string of the molecule is COc1cc2c(cc1O)[C@H](Cc1ccc(Oc3cc(OC)c(O)cc3C[C@H]3c4cc(O)c(OC)cc4CCN3C)cc1)N(C)CC2. The van der Waals surface area contributed by atoms with Crippen molar-refractivity contribution in [3.8, 4) is 46.0 Å². The van der Waals surface area contributed by atoms with Crippen LogP contribution in [0.5, 0.6) is 46.0 Å². The average molecular weight is 627 g/mol. The summed E-state index contributed by atoms with van der Waals surface area (Å²) in [6, 6.07) is 19.1. The number of hydrogen-bond donors (Lipinski definition) is 3. The summed E-state index contributed by atoms with van der Waals surface area (Å²) in [5.41, 5.74) is 6.44. The van der Waals surface area contributed by atoms with E-state index in [0.717, 1.165) is 60.2 Å². The first kappa shape index (κ1) is 31.4. The molecule has 3 N–H and O–H groups in total. The molecule has 6 rings (SSSR count). The number of nitrogens with zero attached hydrogens (tertiary/aromatic N) is 2. The number of hydrogen-bond acceptors (Lipinski definition) is 9. The molecule has 9 nitrogen and oxygen atoms in total. The van der Waals surface area contributed by atoms with Crippen LogP contribution >= 0.6 is 0 Å². The van der Waals surface area contributed by atoms with Crippen molar-refractivity contribution in [1.82, 2.24) is 9.80 Å². The third kappa shape index (κ3) is 6.12. The molecule has 0 unspecified atom stereocenters. The zero-order chi connectivity index (χ0) is 32.5. The van der Waals surface area contributed by atoms with E-state index in [0.29, 0.717) is 35.2 Å². The van der Waals surface area contributed by atoms with Crippen molar-refractivity contribution >= 4 is 0 Å². The van der Waals surface area contributed by atoms with Crippen molar-refractivity contribution in [3.63, 3.8) is 0 Å². The minimum atomic E-state index is -0.0483. The van der Waals surface area contributed by atoms with Crippen LogP contribution in [-0.2, 0) is 25.7 Å². The van der Waals surface area contributed by atoms with Crippen molar-refractivity contribution in [3.05, 3.63) is 94.0 Å². The zero-order valence-electron chi connectivity index (χ0n) is 27.0. The van der Waals surface area contributed by atoms with Crippen molar-refractivity contribution < 1.29 is 34.3 Å². The van der Waals surface area contributed by atoms with Crippen molar-refractivity contribution in [1.29, 1.82) is 0 Å². The maximum Gasteiger partial charge on any atom is 0.164 e. The Labute approximate surface area is 270 Å². The first-order valence-corrected chi connectivity index (χ1v) is 15.6. The Morgan fingerprint density at radius 2 is 1.09 bits per heavy atom. The van der Waals surface area contributed by atoms with Crippen LogP contribution in [0.2, 0.25) is 0 Å². The van der Waals surface area contributed by atoms with Crippen molar-refractivity contribution in [2.45, 2.75) is 37.8 Å². The van der Waals surface area contributed by atoms with Crippen LogP contribution in [0.4, 0.5) is 0 Å². The molecule has 0 bridgehead atoms. The van der Waals surface area contributed by atoms with Gasteiger partial charge in [0, 0.05) is 36.8 Å². The van der Waals surface area contributed by atoms with Gasteiger partial charge in [-0.3, -0.25) is 9.80 Å². The van der Waals surface area contributed by atoms with Gasteiger partial charge in [0.15, 0.2) is 34.5 Å². The third-order valence-corrected chi connectivity index (χ3v) is 9.49. The lowest BCUT2D eigenvalue weighted by atomic mass is 9.88. The Balaban J connectivity index is 1.25. The summed E-state index contributed by atoms with van der Waals surface area (Å²) >= 11 is 0. The fourth-order valence-electron chi connectivity index (χ4n) is 6.81. The molecular formula is C37H42N2O7. The van der Waals surface area contributed by atoms with Crippen LogP contribution in [0.3, 0.4) is 0 Å². The van der Waals surface area contributed by atoms with E-state index < -0.39 is 0 Å². The average Bonchev–Trinajstić information content (AvgIpc) is 3.05. The maximum atomic E-state index is 10.7. The fraction of sp³-hybridized carbons (Fsp3) is 0.351. The van der Waals surface area contributed by atoms with E-state index in [4.69, 9.17) is 18.9 Å². The van der Waals surface area contributed by atoms with E-state index in [1.165, 1.54) is 12.7 Å². The van der Waals surface area contributed by atoms with Crippen LogP contribution in [-0.4, -0.2) is 73.6 Å². The molecule has 2 aliphatic rings. The van der Waals surface area contributed by atoms with E-state index in [1.807, 2.05) is 30.3 Å². The van der Waals surface area contributed by atoms with Gasteiger partial charge in [0.05, 0.1) is 21.3 Å². The number of benzene rings is 4. The summed E-state index contributed by atoms with van der Waals surface area (Å²) in [6.07, 6.45) is 3.08. The van der Waals surface area contributed by atoms with Crippen molar-refractivity contribution in [2.75, 3.05) is 48.5 Å². The molecule has 0 radical (unpaired) electrons. The van der Waals surface area contributed by atoms with Gasteiger partial charge in [-0.2, -0.15) is 0 Å². The molecule has 0 fully saturated rings. The Morgan fingerprint density at radius 1 is 0.609 bits per heavy atom. The number of likely N-dealkylation sites (N-methyl/N-ethyl adjacent to an activating group) is 2. The van der Waals surface area contributed by atoms with Gasteiger partial charge in [0.1, 0.15) is 11.5 Å². The minimum Gasteiger partial charge on any atom is -0.504 e. The smallest absolute Gasteiger partial charge is 0.164 e. The molecule has 2 heterocycles. The van der Waals surface area contributed by atoms with Crippen LogP contribution in [0, 0.1) is 0 Å². The van der Waals surface area contributed by atoms with Gasteiger partial charge < -0.3 is 34.3 Å². The minimum absolute atomic E-state index is 0.0389. The molecule has 0 saturated heterocycles. The third-order valence-electron chi connectivity index (χ3n) is 9.49. The largest absolute Gasteiger partial charge is 0.504 e. The number of phenols is 3. The molecule has 4 aromatic rings. The zero-order valence-corrected chi connectivity index (χ0v) is 27.0. The normalized spacial score (nSPS) is 18.0. The van der Waals surface area contributed by atoms with Crippen LogP contribution in [0.25, 0.3) is 0 Å². The van der Waals surface area contributed by atoms with Crippen LogP contribution < -0.4 is 18.9 Å². The molecule has 4 aromatic carbocycles. The van der Waals surface area contributed by atoms with E-state index >= 15 is 0 Å². The lowest BCUT2D eigenvalue weighted by Gasteiger charge is -2.35. The number of phenolic OH excluding ortho intramolecular Hbond substituents is 3. The second kappa shape index (κ2) is 13.0. The van der Waals surface area contributed by atoms with Crippen LogP contribution in [0.1, 0.15) is 45.5 Å². The monoisotopic (exact) mass is 626 g/mol. The molecule has 0 aromatic heterocycles. The fourth-order valence-corrected chi connectivity index (χ4v) is 6.81. The van der Waals surface area contributed by atoms with E-state index in [2.05, 4.69) is 36.0 Å². The van der Waals surface area contributed by atoms with E-state index in [9.17, 15) is 15.3 Å². The molecule has 2 aliphatic heterocycles. The first-order valence-electron chi connectivity index (χ1n) is 15.6. The van der Waals surface area contributed by atoms with Crippen LogP contribution in [0.15, 0.2) is 60.7 Å².